The summed E-state index contributed by atoms with van der Waals surface area (Å²) in [7, 11) is 2.03. The van der Waals surface area contributed by atoms with Gasteiger partial charge in [0.1, 0.15) is 5.69 Å². The van der Waals surface area contributed by atoms with Crippen LogP contribution in [0.15, 0.2) is 18.3 Å². The molecule has 2 amide bonds. The van der Waals surface area contributed by atoms with Crippen LogP contribution in [-0.2, 0) is 4.79 Å². The second-order valence-electron chi connectivity index (χ2n) is 5.61. The zero-order valence-corrected chi connectivity index (χ0v) is 13.4. The molecule has 0 unspecified atom stereocenters. The zero-order chi connectivity index (χ0) is 15.9. The van der Waals surface area contributed by atoms with Crippen LogP contribution < -0.4 is 4.90 Å². The molecule has 1 fully saturated rings. The normalized spacial score (nSPS) is 14.8. The summed E-state index contributed by atoms with van der Waals surface area (Å²) in [6.45, 7) is 5.46. The molecular formula is C16H24N4O2. The lowest BCUT2D eigenvalue weighted by atomic mass is 10.2. The van der Waals surface area contributed by atoms with E-state index in [4.69, 9.17) is 0 Å². The number of amides is 2. The summed E-state index contributed by atoms with van der Waals surface area (Å²) in [6.07, 6.45) is 4.88. The van der Waals surface area contributed by atoms with E-state index in [1.54, 1.807) is 22.1 Å². The number of pyridine rings is 1. The molecule has 6 nitrogen and oxygen atoms in total. The Hall–Kier alpha value is -2.11. The van der Waals surface area contributed by atoms with Crippen LogP contribution >= 0.6 is 0 Å². The molecule has 1 saturated heterocycles. The molecule has 1 aromatic heterocycles. The molecule has 0 radical (unpaired) electrons. The lowest BCUT2D eigenvalue weighted by Crippen LogP contribution is -2.48. The van der Waals surface area contributed by atoms with Crippen molar-refractivity contribution in [1.82, 2.24) is 14.8 Å². The van der Waals surface area contributed by atoms with E-state index in [9.17, 15) is 9.59 Å². The summed E-state index contributed by atoms with van der Waals surface area (Å²) >= 11 is 0. The average molecular weight is 304 g/mol. The van der Waals surface area contributed by atoms with Gasteiger partial charge in [0.05, 0.1) is 11.9 Å². The molecule has 0 N–H and O–H groups in total. The van der Waals surface area contributed by atoms with Crippen LogP contribution in [0, 0.1) is 0 Å². The molecule has 6 heteroatoms. The zero-order valence-electron chi connectivity index (χ0n) is 13.4. The lowest BCUT2D eigenvalue weighted by molar-refractivity contribution is -0.119. The van der Waals surface area contributed by atoms with Gasteiger partial charge in [-0.2, -0.15) is 0 Å². The first-order valence-corrected chi connectivity index (χ1v) is 7.81. The van der Waals surface area contributed by atoms with Gasteiger partial charge in [-0.3, -0.25) is 9.59 Å². The highest BCUT2D eigenvalue weighted by molar-refractivity contribution is 5.92. The highest BCUT2D eigenvalue weighted by Gasteiger charge is 2.22. The highest BCUT2D eigenvalue weighted by Crippen LogP contribution is 2.14. The van der Waals surface area contributed by atoms with Crippen LogP contribution in [0.25, 0.3) is 0 Å². The Morgan fingerprint density at radius 1 is 1.32 bits per heavy atom. The number of unbranched alkanes of at least 4 members (excludes halogenated alkanes) is 1. The number of carbonyl (C=O) groups excluding carboxylic acids is 2. The topological polar surface area (TPSA) is 56.8 Å². The minimum atomic E-state index is -0.0617. The molecule has 1 aliphatic rings. The Morgan fingerprint density at radius 2 is 2.05 bits per heavy atom. The van der Waals surface area contributed by atoms with E-state index in [0.29, 0.717) is 31.9 Å². The maximum Gasteiger partial charge on any atom is 0.272 e. The van der Waals surface area contributed by atoms with Gasteiger partial charge in [-0.05, 0) is 18.6 Å². The Balaban J connectivity index is 1.95. The van der Waals surface area contributed by atoms with E-state index in [1.807, 2.05) is 13.1 Å². The molecule has 22 heavy (non-hydrogen) atoms. The first kappa shape index (κ1) is 16.3. The smallest absolute Gasteiger partial charge is 0.272 e. The SMILES string of the molecule is CCCCN(C)c1ccc(C(=O)N2CCN(C=O)CC2)nc1. The van der Waals surface area contributed by atoms with Crippen molar-refractivity contribution in [2.75, 3.05) is 44.7 Å². The summed E-state index contributed by atoms with van der Waals surface area (Å²) in [4.78, 5) is 33.0. The third-order valence-electron chi connectivity index (χ3n) is 4.01. The molecule has 0 aromatic carbocycles. The number of aromatic nitrogens is 1. The molecule has 2 heterocycles. The monoisotopic (exact) mass is 304 g/mol. The van der Waals surface area contributed by atoms with E-state index in [0.717, 1.165) is 31.5 Å². The van der Waals surface area contributed by atoms with E-state index in [1.165, 1.54) is 0 Å². The fourth-order valence-corrected chi connectivity index (χ4v) is 2.46. The van der Waals surface area contributed by atoms with Gasteiger partial charge < -0.3 is 14.7 Å². The fraction of sp³-hybridized carbons (Fsp3) is 0.562. The van der Waals surface area contributed by atoms with Crippen molar-refractivity contribution in [3.05, 3.63) is 24.0 Å². The lowest BCUT2D eigenvalue weighted by Gasteiger charge is -2.32. The van der Waals surface area contributed by atoms with Gasteiger partial charge in [0.15, 0.2) is 0 Å². The number of anilines is 1. The van der Waals surface area contributed by atoms with Gasteiger partial charge >= 0.3 is 0 Å². The third-order valence-corrected chi connectivity index (χ3v) is 4.01. The Morgan fingerprint density at radius 3 is 2.59 bits per heavy atom. The molecule has 0 aliphatic carbocycles. The molecule has 0 spiro atoms. The van der Waals surface area contributed by atoms with Crippen LogP contribution in [-0.4, -0.2) is 66.9 Å². The molecule has 0 saturated carbocycles. The van der Waals surface area contributed by atoms with Crippen molar-refractivity contribution in [3.63, 3.8) is 0 Å². The maximum absolute atomic E-state index is 12.4. The van der Waals surface area contributed by atoms with Crippen molar-refractivity contribution < 1.29 is 9.59 Å². The summed E-state index contributed by atoms with van der Waals surface area (Å²) in [5, 5.41) is 0. The largest absolute Gasteiger partial charge is 0.373 e. The summed E-state index contributed by atoms with van der Waals surface area (Å²) in [5.41, 5.74) is 1.49. The minimum Gasteiger partial charge on any atom is -0.373 e. The van der Waals surface area contributed by atoms with Crippen molar-refractivity contribution >= 4 is 18.0 Å². The number of hydrogen-bond donors (Lipinski definition) is 0. The Labute approximate surface area is 131 Å². The Bertz CT molecular complexity index is 495. The van der Waals surface area contributed by atoms with Crippen LogP contribution in [0.3, 0.4) is 0 Å². The first-order valence-electron chi connectivity index (χ1n) is 7.81. The average Bonchev–Trinajstić information content (AvgIpc) is 2.59. The summed E-state index contributed by atoms with van der Waals surface area (Å²) in [6, 6.07) is 3.73. The van der Waals surface area contributed by atoms with E-state index >= 15 is 0 Å². The Kier molecular flexibility index (Phi) is 5.75. The molecule has 1 aliphatic heterocycles. The molecule has 0 bridgehead atoms. The van der Waals surface area contributed by atoms with Gasteiger partial charge in [-0.15, -0.1) is 0 Å². The molecule has 120 valence electrons. The third kappa shape index (κ3) is 3.96. The van der Waals surface area contributed by atoms with Crippen LogP contribution in [0.2, 0.25) is 0 Å². The first-order chi connectivity index (χ1) is 10.7. The second kappa shape index (κ2) is 7.77. The maximum atomic E-state index is 12.4. The fourth-order valence-electron chi connectivity index (χ4n) is 2.46. The van der Waals surface area contributed by atoms with Crippen LogP contribution in [0.1, 0.15) is 30.3 Å². The van der Waals surface area contributed by atoms with Gasteiger partial charge in [0.25, 0.3) is 5.91 Å². The van der Waals surface area contributed by atoms with E-state index in [2.05, 4.69) is 16.8 Å². The van der Waals surface area contributed by atoms with Crippen LogP contribution in [0.4, 0.5) is 5.69 Å². The van der Waals surface area contributed by atoms with Gasteiger partial charge in [0, 0.05) is 39.8 Å². The predicted molar refractivity (Wildman–Crippen MR) is 86.0 cm³/mol. The highest BCUT2D eigenvalue weighted by atomic mass is 16.2. The molecule has 1 aromatic rings. The standard InChI is InChI=1S/C16H24N4O2/c1-3-4-7-18(2)14-5-6-15(17-12-14)16(22)20-10-8-19(13-21)9-11-20/h5-6,12-13H,3-4,7-11H2,1-2H3. The minimum absolute atomic E-state index is 0.0617. The summed E-state index contributed by atoms with van der Waals surface area (Å²) < 4.78 is 0. The van der Waals surface area contributed by atoms with E-state index in [-0.39, 0.29) is 5.91 Å². The van der Waals surface area contributed by atoms with Crippen molar-refractivity contribution in [2.24, 2.45) is 0 Å². The second-order valence-corrected chi connectivity index (χ2v) is 5.61. The van der Waals surface area contributed by atoms with E-state index < -0.39 is 0 Å². The number of rotatable bonds is 6. The van der Waals surface area contributed by atoms with Crippen molar-refractivity contribution in [1.29, 1.82) is 0 Å². The number of carbonyl (C=O) groups is 2. The quantitative estimate of drug-likeness (QED) is 0.742. The van der Waals surface area contributed by atoms with Crippen molar-refractivity contribution in [2.45, 2.75) is 19.8 Å². The molecule has 0 atom stereocenters. The predicted octanol–water partition coefficient (Wildman–Crippen LogP) is 1.23. The van der Waals surface area contributed by atoms with Crippen LogP contribution in [0.5, 0.6) is 0 Å². The summed E-state index contributed by atoms with van der Waals surface area (Å²) in [5.74, 6) is -0.0617. The number of hydrogen-bond acceptors (Lipinski definition) is 4. The van der Waals surface area contributed by atoms with Gasteiger partial charge in [-0.25, -0.2) is 4.98 Å². The number of nitrogens with zero attached hydrogens (tertiary/aromatic N) is 4. The van der Waals surface area contributed by atoms with Gasteiger partial charge in [-0.1, -0.05) is 13.3 Å². The van der Waals surface area contributed by atoms with Crippen molar-refractivity contribution in [3.8, 4) is 0 Å². The number of piperazine rings is 1. The van der Waals surface area contributed by atoms with Gasteiger partial charge in [0.2, 0.25) is 6.41 Å². The molecular weight excluding hydrogens is 280 g/mol. The molecule has 2 rings (SSSR count).